The molecule has 1 aromatic heterocycles. The molecule has 7 heteroatoms. The highest BCUT2D eigenvalue weighted by molar-refractivity contribution is 7.98. The first-order valence-corrected chi connectivity index (χ1v) is 7.42. The summed E-state index contributed by atoms with van der Waals surface area (Å²) in [6.07, 6.45) is 3.56. The van der Waals surface area contributed by atoms with Crippen molar-refractivity contribution in [2.24, 2.45) is 0 Å². The predicted octanol–water partition coefficient (Wildman–Crippen LogP) is 0.794. The van der Waals surface area contributed by atoms with Gasteiger partial charge in [-0.15, -0.1) is 11.8 Å². The second-order valence-corrected chi connectivity index (χ2v) is 5.28. The summed E-state index contributed by atoms with van der Waals surface area (Å²) in [6, 6.07) is 1.55. The highest BCUT2D eigenvalue weighted by Gasteiger charge is 2.25. The van der Waals surface area contributed by atoms with Gasteiger partial charge in [-0.05, 0) is 13.2 Å². The molecule has 0 amide bonds. The molecule has 2 heterocycles. The van der Waals surface area contributed by atoms with Gasteiger partial charge in [0, 0.05) is 32.2 Å². The molecule has 1 aromatic rings. The Hall–Kier alpha value is -1.34. The fourth-order valence-corrected chi connectivity index (χ4v) is 2.48. The van der Waals surface area contributed by atoms with Crippen molar-refractivity contribution in [3.63, 3.8) is 0 Å². The lowest BCUT2D eigenvalue weighted by Gasteiger charge is -2.37. The van der Waals surface area contributed by atoms with E-state index in [-0.39, 0.29) is 0 Å². The van der Waals surface area contributed by atoms with Gasteiger partial charge in [-0.3, -0.25) is 9.69 Å². The van der Waals surface area contributed by atoms with Gasteiger partial charge in [0.2, 0.25) is 0 Å². The number of hydrogen-bond donors (Lipinski definition) is 1. The average Bonchev–Trinajstić information content (AvgIpc) is 2.46. The van der Waals surface area contributed by atoms with Crippen LogP contribution in [0.3, 0.4) is 0 Å². The number of carboxylic acids is 1. The zero-order valence-corrected chi connectivity index (χ0v) is 11.9. The first kappa shape index (κ1) is 14.1. The lowest BCUT2D eigenvalue weighted by Crippen LogP contribution is -2.52. The Morgan fingerprint density at radius 1 is 1.37 bits per heavy atom. The lowest BCUT2D eigenvalue weighted by molar-refractivity contribution is -0.142. The number of aliphatic carboxylic acids is 1. The summed E-state index contributed by atoms with van der Waals surface area (Å²) in [5.74, 6) is 0.155. The molecule has 1 aliphatic rings. The van der Waals surface area contributed by atoms with Gasteiger partial charge < -0.3 is 10.0 Å². The molecule has 1 fully saturated rings. The molecule has 6 nitrogen and oxygen atoms in total. The summed E-state index contributed by atoms with van der Waals surface area (Å²) in [5, 5.41) is 9.96. The monoisotopic (exact) mass is 282 g/mol. The fourth-order valence-electron chi connectivity index (χ4n) is 2.11. The zero-order valence-electron chi connectivity index (χ0n) is 11.1. The highest BCUT2D eigenvalue weighted by Crippen LogP contribution is 2.19. The molecule has 19 heavy (non-hydrogen) atoms. The van der Waals surface area contributed by atoms with Crippen LogP contribution in [0.2, 0.25) is 0 Å². The SMILES string of the molecule is CSc1cc(N2CCN(C(C)C(=O)O)CC2)ncn1. The third-order valence-corrected chi connectivity index (χ3v) is 4.02. The molecular weight excluding hydrogens is 264 g/mol. The van der Waals surface area contributed by atoms with E-state index in [2.05, 4.69) is 14.9 Å². The molecule has 1 aliphatic heterocycles. The van der Waals surface area contributed by atoms with Crippen molar-refractivity contribution in [3.05, 3.63) is 12.4 Å². The van der Waals surface area contributed by atoms with Gasteiger partial charge in [0.15, 0.2) is 0 Å². The molecule has 0 aromatic carbocycles. The van der Waals surface area contributed by atoms with Crippen molar-refractivity contribution in [2.45, 2.75) is 18.0 Å². The number of anilines is 1. The van der Waals surface area contributed by atoms with E-state index in [4.69, 9.17) is 5.11 Å². The molecule has 1 atom stereocenters. The second-order valence-electron chi connectivity index (χ2n) is 4.46. The van der Waals surface area contributed by atoms with E-state index in [1.807, 2.05) is 17.2 Å². The van der Waals surface area contributed by atoms with E-state index in [0.717, 1.165) is 37.0 Å². The van der Waals surface area contributed by atoms with Gasteiger partial charge in [0.05, 0.1) is 0 Å². The van der Waals surface area contributed by atoms with E-state index >= 15 is 0 Å². The van der Waals surface area contributed by atoms with Crippen LogP contribution in [0.25, 0.3) is 0 Å². The van der Waals surface area contributed by atoms with Crippen LogP contribution < -0.4 is 4.90 Å². The van der Waals surface area contributed by atoms with Crippen molar-refractivity contribution >= 4 is 23.5 Å². The first-order valence-electron chi connectivity index (χ1n) is 6.19. The highest BCUT2D eigenvalue weighted by atomic mass is 32.2. The third kappa shape index (κ3) is 3.36. The average molecular weight is 282 g/mol. The number of carbonyl (C=O) groups is 1. The summed E-state index contributed by atoms with van der Waals surface area (Å²) in [4.78, 5) is 23.5. The Balaban J connectivity index is 1.97. The Kier molecular flexibility index (Phi) is 4.60. The van der Waals surface area contributed by atoms with E-state index in [0.29, 0.717) is 0 Å². The van der Waals surface area contributed by atoms with Crippen LogP contribution in [-0.2, 0) is 4.79 Å². The molecule has 0 spiro atoms. The number of piperazine rings is 1. The van der Waals surface area contributed by atoms with Crippen molar-refractivity contribution in [1.29, 1.82) is 0 Å². The Morgan fingerprint density at radius 3 is 2.63 bits per heavy atom. The number of thioether (sulfide) groups is 1. The van der Waals surface area contributed by atoms with Gasteiger partial charge in [0.25, 0.3) is 0 Å². The van der Waals surface area contributed by atoms with Gasteiger partial charge in [-0.1, -0.05) is 0 Å². The van der Waals surface area contributed by atoms with E-state index < -0.39 is 12.0 Å². The van der Waals surface area contributed by atoms with Crippen LogP contribution in [0.4, 0.5) is 5.82 Å². The minimum absolute atomic E-state index is 0.422. The Labute approximate surface area is 116 Å². The normalized spacial score (nSPS) is 18.3. The van der Waals surface area contributed by atoms with Crippen LogP contribution in [-0.4, -0.2) is 64.4 Å². The Morgan fingerprint density at radius 2 is 2.05 bits per heavy atom. The van der Waals surface area contributed by atoms with Gasteiger partial charge >= 0.3 is 5.97 Å². The molecule has 0 bridgehead atoms. The quantitative estimate of drug-likeness (QED) is 0.647. The standard InChI is InChI=1S/C12H18N4O2S/c1-9(12(17)18)15-3-5-16(6-4-15)10-7-11(19-2)14-8-13-10/h7-9H,3-6H2,1-2H3,(H,17,18). The molecule has 0 saturated carbocycles. The minimum Gasteiger partial charge on any atom is -0.480 e. The smallest absolute Gasteiger partial charge is 0.320 e. The molecule has 0 aliphatic carbocycles. The molecule has 1 saturated heterocycles. The Bertz CT molecular complexity index is 449. The van der Waals surface area contributed by atoms with E-state index in [1.54, 1.807) is 25.0 Å². The van der Waals surface area contributed by atoms with Crippen molar-refractivity contribution in [2.75, 3.05) is 37.3 Å². The van der Waals surface area contributed by atoms with Crippen LogP contribution in [0.1, 0.15) is 6.92 Å². The predicted molar refractivity (Wildman–Crippen MR) is 74.7 cm³/mol. The van der Waals surface area contributed by atoms with Gasteiger partial charge in [-0.2, -0.15) is 0 Å². The van der Waals surface area contributed by atoms with Crippen LogP contribution in [0.5, 0.6) is 0 Å². The first-order chi connectivity index (χ1) is 9.11. The molecule has 2 rings (SSSR count). The number of carboxylic acid groups (broad SMARTS) is 1. The maximum absolute atomic E-state index is 11.0. The molecule has 1 N–H and O–H groups in total. The van der Waals surface area contributed by atoms with Crippen molar-refractivity contribution in [3.8, 4) is 0 Å². The van der Waals surface area contributed by atoms with Crippen molar-refractivity contribution < 1.29 is 9.90 Å². The minimum atomic E-state index is -0.764. The summed E-state index contributed by atoms with van der Waals surface area (Å²) in [6.45, 7) is 4.80. The maximum atomic E-state index is 11.0. The number of rotatable bonds is 4. The summed E-state index contributed by atoms with van der Waals surface area (Å²) in [7, 11) is 0. The maximum Gasteiger partial charge on any atom is 0.320 e. The summed E-state index contributed by atoms with van der Waals surface area (Å²) >= 11 is 1.59. The van der Waals surface area contributed by atoms with Crippen LogP contribution >= 0.6 is 11.8 Å². The number of aromatic nitrogens is 2. The summed E-state index contributed by atoms with van der Waals surface area (Å²) < 4.78 is 0. The number of nitrogens with zero attached hydrogens (tertiary/aromatic N) is 4. The topological polar surface area (TPSA) is 69.6 Å². The second kappa shape index (κ2) is 6.21. The molecule has 104 valence electrons. The zero-order chi connectivity index (χ0) is 13.8. The lowest BCUT2D eigenvalue weighted by atomic mass is 10.2. The van der Waals surface area contributed by atoms with Crippen LogP contribution in [0.15, 0.2) is 17.4 Å². The van der Waals surface area contributed by atoms with Gasteiger partial charge in [-0.25, -0.2) is 9.97 Å². The summed E-state index contributed by atoms with van der Waals surface area (Å²) in [5.41, 5.74) is 0. The van der Waals surface area contributed by atoms with E-state index in [1.165, 1.54) is 0 Å². The van der Waals surface area contributed by atoms with Gasteiger partial charge in [0.1, 0.15) is 23.2 Å². The molecule has 1 unspecified atom stereocenters. The third-order valence-electron chi connectivity index (χ3n) is 3.38. The molecule has 0 radical (unpaired) electrons. The molecular formula is C12H18N4O2S. The van der Waals surface area contributed by atoms with Crippen molar-refractivity contribution in [1.82, 2.24) is 14.9 Å². The largest absolute Gasteiger partial charge is 0.480 e. The fraction of sp³-hybridized carbons (Fsp3) is 0.583. The number of hydrogen-bond acceptors (Lipinski definition) is 6. The van der Waals surface area contributed by atoms with E-state index in [9.17, 15) is 4.79 Å². The van der Waals surface area contributed by atoms with Crippen LogP contribution in [0, 0.1) is 0 Å².